The normalized spacial score (nSPS) is 9.95. The average Bonchev–Trinajstić information content (AvgIpc) is 2.49. The zero-order valence-corrected chi connectivity index (χ0v) is 12.0. The van der Waals surface area contributed by atoms with E-state index < -0.39 is 0 Å². The molecule has 1 heterocycles. The highest BCUT2D eigenvalue weighted by atomic mass is 16.5. The van der Waals surface area contributed by atoms with Crippen LogP contribution in [0.4, 0.5) is 5.69 Å². The van der Waals surface area contributed by atoms with Crippen molar-refractivity contribution in [3.05, 3.63) is 52.4 Å². The van der Waals surface area contributed by atoms with Crippen molar-refractivity contribution in [1.82, 2.24) is 9.78 Å². The Bertz CT molecular complexity index is 716. The lowest BCUT2D eigenvalue weighted by Crippen LogP contribution is -2.26. The van der Waals surface area contributed by atoms with Gasteiger partial charge in [-0.1, -0.05) is 6.07 Å². The van der Waals surface area contributed by atoms with Crippen LogP contribution in [0.1, 0.15) is 5.56 Å². The third kappa shape index (κ3) is 3.83. The van der Waals surface area contributed by atoms with E-state index in [1.54, 1.807) is 30.5 Å². The molecule has 2 rings (SSSR count). The molecule has 108 valence electrons. The highest BCUT2D eigenvalue weighted by Crippen LogP contribution is 2.12. The van der Waals surface area contributed by atoms with E-state index in [0.29, 0.717) is 24.5 Å². The second-order valence-corrected chi connectivity index (χ2v) is 4.66. The lowest BCUT2D eigenvalue weighted by atomic mass is 10.2. The molecule has 0 spiro atoms. The molecule has 0 saturated heterocycles. The van der Waals surface area contributed by atoms with E-state index in [1.165, 1.54) is 10.7 Å². The maximum atomic E-state index is 11.9. The molecule has 0 N–H and O–H groups in total. The third-order valence-corrected chi connectivity index (χ3v) is 2.91. The highest BCUT2D eigenvalue weighted by molar-refractivity contribution is 5.40. The minimum absolute atomic E-state index is 0.171. The summed E-state index contributed by atoms with van der Waals surface area (Å²) < 4.78 is 6.87. The van der Waals surface area contributed by atoms with Gasteiger partial charge in [0.15, 0.2) is 0 Å². The summed E-state index contributed by atoms with van der Waals surface area (Å²) in [4.78, 5) is 13.7. The minimum Gasteiger partial charge on any atom is -0.492 e. The number of benzene rings is 1. The van der Waals surface area contributed by atoms with Crippen LogP contribution in [-0.4, -0.2) is 30.5 Å². The van der Waals surface area contributed by atoms with Gasteiger partial charge in [0.05, 0.1) is 30.1 Å². The number of anilines is 1. The molecule has 0 bridgehead atoms. The van der Waals surface area contributed by atoms with Crippen molar-refractivity contribution in [2.24, 2.45) is 0 Å². The second-order valence-electron chi connectivity index (χ2n) is 4.66. The van der Waals surface area contributed by atoms with Gasteiger partial charge in [0, 0.05) is 20.2 Å². The van der Waals surface area contributed by atoms with Gasteiger partial charge >= 0.3 is 0 Å². The van der Waals surface area contributed by atoms with Crippen molar-refractivity contribution in [2.45, 2.75) is 6.54 Å². The van der Waals surface area contributed by atoms with Gasteiger partial charge in [0.2, 0.25) is 0 Å². The summed E-state index contributed by atoms with van der Waals surface area (Å²) in [6, 6.07) is 10.5. The molecule has 0 aliphatic carbocycles. The van der Waals surface area contributed by atoms with Gasteiger partial charge < -0.3 is 9.64 Å². The van der Waals surface area contributed by atoms with Gasteiger partial charge in [-0.3, -0.25) is 4.79 Å². The van der Waals surface area contributed by atoms with Crippen molar-refractivity contribution in [2.75, 3.05) is 25.6 Å². The van der Waals surface area contributed by atoms with E-state index in [9.17, 15) is 4.79 Å². The van der Waals surface area contributed by atoms with Gasteiger partial charge in [0.1, 0.15) is 12.4 Å². The molecule has 2 aromatic rings. The van der Waals surface area contributed by atoms with Crippen LogP contribution in [0.25, 0.3) is 0 Å². The molecule has 0 aliphatic heterocycles. The molecule has 0 saturated carbocycles. The molecule has 0 atom stereocenters. The molecule has 1 aromatic heterocycles. The van der Waals surface area contributed by atoms with Crippen LogP contribution in [0.2, 0.25) is 0 Å². The molecule has 0 fully saturated rings. The molecule has 0 aliphatic rings. The van der Waals surface area contributed by atoms with E-state index in [1.807, 2.05) is 25.1 Å². The quantitative estimate of drug-likeness (QED) is 0.826. The number of ether oxygens (including phenoxy) is 1. The Morgan fingerprint density at radius 1 is 1.38 bits per heavy atom. The fraction of sp³-hybridized carbons (Fsp3) is 0.267. The van der Waals surface area contributed by atoms with Crippen LogP contribution >= 0.6 is 0 Å². The van der Waals surface area contributed by atoms with Crippen LogP contribution < -0.4 is 15.2 Å². The fourth-order valence-corrected chi connectivity index (χ4v) is 1.74. The topological polar surface area (TPSA) is 71.2 Å². The van der Waals surface area contributed by atoms with Gasteiger partial charge in [0.25, 0.3) is 5.56 Å². The smallest absolute Gasteiger partial charge is 0.268 e. The van der Waals surface area contributed by atoms with Crippen LogP contribution in [-0.2, 0) is 6.54 Å². The van der Waals surface area contributed by atoms with Crippen LogP contribution in [0, 0.1) is 11.3 Å². The summed E-state index contributed by atoms with van der Waals surface area (Å²) in [5.41, 5.74) is 1.13. The summed E-state index contributed by atoms with van der Waals surface area (Å²) in [5, 5.41) is 12.9. The van der Waals surface area contributed by atoms with Crippen LogP contribution in [0.15, 0.2) is 41.3 Å². The van der Waals surface area contributed by atoms with Crippen molar-refractivity contribution in [1.29, 1.82) is 5.26 Å². The van der Waals surface area contributed by atoms with Crippen molar-refractivity contribution in [3.8, 4) is 11.8 Å². The van der Waals surface area contributed by atoms with Gasteiger partial charge in [-0.15, -0.1) is 0 Å². The largest absolute Gasteiger partial charge is 0.492 e. The highest BCUT2D eigenvalue weighted by Gasteiger charge is 2.02. The predicted molar refractivity (Wildman–Crippen MR) is 79.5 cm³/mol. The number of aromatic nitrogens is 2. The molecule has 0 amide bonds. The van der Waals surface area contributed by atoms with Gasteiger partial charge in [-0.05, 0) is 18.2 Å². The summed E-state index contributed by atoms with van der Waals surface area (Å²) in [7, 11) is 3.71. The van der Waals surface area contributed by atoms with E-state index in [4.69, 9.17) is 10.00 Å². The summed E-state index contributed by atoms with van der Waals surface area (Å²) in [5.74, 6) is 0.604. The number of nitriles is 1. The summed E-state index contributed by atoms with van der Waals surface area (Å²) in [6.45, 7) is 0.659. The number of hydrogen-bond acceptors (Lipinski definition) is 5. The number of nitrogens with zero attached hydrogens (tertiary/aromatic N) is 4. The Hall–Kier alpha value is -2.81. The van der Waals surface area contributed by atoms with Gasteiger partial charge in [-0.2, -0.15) is 10.4 Å². The molecular weight excluding hydrogens is 268 g/mol. The van der Waals surface area contributed by atoms with E-state index in [0.717, 1.165) is 5.69 Å². The van der Waals surface area contributed by atoms with E-state index in [-0.39, 0.29) is 5.56 Å². The molecule has 6 heteroatoms. The first-order chi connectivity index (χ1) is 10.1. The molecule has 0 unspecified atom stereocenters. The van der Waals surface area contributed by atoms with Crippen molar-refractivity contribution >= 4 is 5.69 Å². The molecular formula is C15H16N4O2. The summed E-state index contributed by atoms with van der Waals surface area (Å²) >= 11 is 0. The zero-order chi connectivity index (χ0) is 15.2. The molecule has 1 aromatic carbocycles. The Kier molecular flexibility index (Phi) is 4.57. The first kappa shape index (κ1) is 14.6. The Labute approximate surface area is 122 Å². The van der Waals surface area contributed by atoms with Crippen molar-refractivity contribution in [3.63, 3.8) is 0 Å². The standard InChI is InChI=1S/C15H16N4O2/c1-18(2)13-9-15(20)19(17-11-13)6-7-21-14-5-3-4-12(8-14)10-16/h3-5,8-9,11H,6-7H2,1-2H3. The number of hydrogen-bond donors (Lipinski definition) is 0. The first-order valence-corrected chi connectivity index (χ1v) is 6.47. The van der Waals surface area contributed by atoms with Crippen LogP contribution in [0.3, 0.4) is 0 Å². The lowest BCUT2D eigenvalue weighted by molar-refractivity contribution is 0.288. The minimum atomic E-state index is -0.171. The Morgan fingerprint density at radius 3 is 2.86 bits per heavy atom. The maximum Gasteiger partial charge on any atom is 0.268 e. The molecule has 0 radical (unpaired) electrons. The summed E-state index contributed by atoms with van der Waals surface area (Å²) in [6.07, 6.45) is 1.64. The second kappa shape index (κ2) is 6.57. The maximum absolute atomic E-state index is 11.9. The SMILES string of the molecule is CN(C)c1cnn(CCOc2cccc(C#N)c2)c(=O)c1. The van der Waals surface area contributed by atoms with Gasteiger partial charge in [-0.25, -0.2) is 4.68 Å². The Balaban J connectivity index is 1.97. The number of rotatable bonds is 5. The molecule has 21 heavy (non-hydrogen) atoms. The van der Waals surface area contributed by atoms with Crippen molar-refractivity contribution < 1.29 is 4.74 Å². The van der Waals surface area contributed by atoms with E-state index in [2.05, 4.69) is 5.10 Å². The van der Waals surface area contributed by atoms with Crippen LogP contribution in [0.5, 0.6) is 5.75 Å². The Morgan fingerprint density at radius 2 is 2.19 bits per heavy atom. The predicted octanol–water partition coefficient (Wildman–Crippen LogP) is 1.26. The average molecular weight is 284 g/mol. The fourth-order valence-electron chi connectivity index (χ4n) is 1.74. The third-order valence-electron chi connectivity index (χ3n) is 2.91. The van der Waals surface area contributed by atoms with E-state index >= 15 is 0 Å². The lowest BCUT2D eigenvalue weighted by Gasteiger charge is -2.12. The zero-order valence-electron chi connectivity index (χ0n) is 12.0. The first-order valence-electron chi connectivity index (χ1n) is 6.47. The monoisotopic (exact) mass is 284 g/mol. The molecule has 6 nitrogen and oxygen atoms in total.